The number of hydrogen-bond acceptors (Lipinski definition) is 5. The molecule has 0 saturated carbocycles. The molecule has 0 aliphatic rings. The van der Waals surface area contributed by atoms with Crippen LogP contribution in [-0.4, -0.2) is 33.2 Å². The number of rotatable bonds is 7. The van der Waals surface area contributed by atoms with Gasteiger partial charge in [0.2, 0.25) is 11.7 Å². The molecule has 8 nitrogen and oxygen atoms in total. The van der Waals surface area contributed by atoms with Crippen LogP contribution in [0, 0.1) is 10.1 Å². The quantitative estimate of drug-likeness (QED) is 0.578. The number of carbonyl (C=O) groups excluding carboxylic acids is 1. The molecule has 1 amide bonds. The number of nitrogens with one attached hydrogen (secondary N) is 2. The van der Waals surface area contributed by atoms with Crippen LogP contribution >= 0.6 is 0 Å². The molecule has 1 rings (SSSR count). The molecule has 8 heteroatoms. The molecule has 112 valence electrons. The first-order chi connectivity index (χ1) is 9.36. The van der Waals surface area contributed by atoms with Crippen LogP contribution in [0.1, 0.15) is 32.9 Å². The number of aryl methyl sites for hydroxylation is 2. The minimum atomic E-state index is -0.458. The molecule has 2 N–H and O–H groups in total. The van der Waals surface area contributed by atoms with E-state index in [1.165, 1.54) is 4.68 Å². The van der Waals surface area contributed by atoms with Crippen LogP contribution in [0.5, 0.6) is 0 Å². The van der Waals surface area contributed by atoms with Crippen molar-refractivity contribution in [3.8, 4) is 0 Å². The molecular weight excluding hydrogens is 262 g/mol. The summed E-state index contributed by atoms with van der Waals surface area (Å²) in [5.74, 6) is 0.0462. The molecule has 0 atom stereocenters. The van der Waals surface area contributed by atoms with Crippen LogP contribution in [0.2, 0.25) is 0 Å². The third-order valence-electron chi connectivity index (χ3n) is 2.63. The molecule has 1 heterocycles. The maximum absolute atomic E-state index is 11.6. The van der Waals surface area contributed by atoms with Gasteiger partial charge in [-0.25, -0.2) is 4.68 Å². The Bertz CT molecular complexity index is 496. The van der Waals surface area contributed by atoms with Crippen molar-refractivity contribution in [3.05, 3.63) is 15.8 Å². The SMILES string of the molecule is CCCc1nn(C)c(NCC(=O)NC(C)C)c1[N+](=O)[O-]. The molecule has 0 spiro atoms. The normalized spacial score (nSPS) is 10.7. The fraction of sp³-hybridized carbons (Fsp3) is 0.667. The molecule has 0 saturated heterocycles. The Morgan fingerprint density at radius 3 is 2.65 bits per heavy atom. The molecule has 0 fully saturated rings. The molecule has 0 radical (unpaired) electrons. The van der Waals surface area contributed by atoms with Gasteiger partial charge in [0.1, 0.15) is 5.69 Å². The van der Waals surface area contributed by atoms with Crippen molar-refractivity contribution in [1.29, 1.82) is 0 Å². The van der Waals surface area contributed by atoms with E-state index in [0.717, 1.165) is 6.42 Å². The van der Waals surface area contributed by atoms with Crippen LogP contribution in [0.15, 0.2) is 0 Å². The highest BCUT2D eigenvalue weighted by Gasteiger charge is 2.26. The number of amides is 1. The summed E-state index contributed by atoms with van der Waals surface area (Å²) in [4.78, 5) is 22.3. The van der Waals surface area contributed by atoms with Crippen LogP contribution in [-0.2, 0) is 18.3 Å². The van der Waals surface area contributed by atoms with Gasteiger partial charge in [0.25, 0.3) is 0 Å². The zero-order chi connectivity index (χ0) is 15.3. The Hall–Kier alpha value is -2.12. The second-order valence-corrected chi connectivity index (χ2v) is 4.85. The van der Waals surface area contributed by atoms with Crippen molar-refractivity contribution in [2.75, 3.05) is 11.9 Å². The number of hydrogen-bond donors (Lipinski definition) is 2. The van der Waals surface area contributed by atoms with E-state index in [0.29, 0.717) is 12.1 Å². The number of carbonyl (C=O) groups is 1. The largest absolute Gasteiger partial charge is 0.355 e. The van der Waals surface area contributed by atoms with E-state index in [1.54, 1.807) is 7.05 Å². The minimum absolute atomic E-state index is 0.0237. The lowest BCUT2D eigenvalue weighted by Crippen LogP contribution is -2.35. The van der Waals surface area contributed by atoms with Gasteiger partial charge in [-0.3, -0.25) is 14.9 Å². The summed E-state index contributed by atoms with van der Waals surface area (Å²) in [6.07, 6.45) is 1.30. The van der Waals surface area contributed by atoms with E-state index in [2.05, 4.69) is 15.7 Å². The molecule has 0 aromatic carbocycles. The summed E-state index contributed by atoms with van der Waals surface area (Å²) in [5, 5.41) is 20.8. The molecule has 0 aliphatic carbocycles. The van der Waals surface area contributed by atoms with E-state index >= 15 is 0 Å². The Morgan fingerprint density at radius 2 is 2.15 bits per heavy atom. The molecular formula is C12H21N5O3. The van der Waals surface area contributed by atoms with E-state index < -0.39 is 4.92 Å². The van der Waals surface area contributed by atoms with E-state index in [-0.39, 0.29) is 30.0 Å². The van der Waals surface area contributed by atoms with Crippen LogP contribution in [0.4, 0.5) is 11.5 Å². The number of nitro groups is 1. The lowest BCUT2D eigenvalue weighted by Gasteiger charge is -2.09. The smallest absolute Gasteiger partial charge is 0.334 e. The first-order valence-corrected chi connectivity index (χ1v) is 6.60. The fourth-order valence-electron chi connectivity index (χ4n) is 1.90. The van der Waals surface area contributed by atoms with Gasteiger partial charge < -0.3 is 10.6 Å². The zero-order valence-electron chi connectivity index (χ0n) is 12.3. The van der Waals surface area contributed by atoms with Crippen LogP contribution < -0.4 is 10.6 Å². The Kier molecular flexibility index (Phi) is 5.48. The summed E-state index contributed by atoms with van der Waals surface area (Å²) in [7, 11) is 1.62. The molecule has 20 heavy (non-hydrogen) atoms. The average Bonchev–Trinajstić information content (AvgIpc) is 2.62. The second-order valence-electron chi connectivity index (χ2n) is 4.85. The standard InChI is InChI=1S/C12H21N5O3/c1-5-6-9-11(17(19)20)12(16(4)15-9)13-7-10(18)14-8(2)3/h8,13H,5-7H2,1-4H3,(H,14,18). The lowest BCUT2D eigenvalue weighted by molar-refractivity contribution is -0.384. The lowest BCUT2D eigenvalue weighted by atomic mass is 10.2. The summed E-state index contributed by atoms with van der Waals surface area (Å²) in [5.41, 5.74) is 0.387. The van der Waals surface area contributed by atoms with Crippen LogP contribution in [0.3, 0.4) is 0 Å². The van der Waals surface area contributed by atoms with Crippen molar-refractivity contribution >= 4 is 17.4 Å². The van der Waals surface area contributed by atoms with Gasteiger partial charge in [-0.15, -0.1) is 0 Å². The van der Waals surface area contributed by atoms with Gasteiger partial charge >= 0.3 is 5.69 Å². The highest BCUT2D eigenvalue weighted by Crippen LogP contribution is 2.28. The maximum Gasteiger partial charge on any atom is 0.334 e. The molecule has 0 unspecified atom stereocenters. The van der Waals surface area contributed by atoms with Gasteiger partial charge in [-0.2, -0.15) is 5.10 Å². The number of nitrogens with zero attached hydrogens (tertiary/aromatic N) is 3. The van der Waals surface area contributed by atoms with Crippen molar-refractivity contribution in [2.24, 2.45) is 7.05 Å². The third kappa shape index (κ3) is 3.94. The average molecular weight is 283 g/mol. The predicted octanol–water partition coefficient (Wildman–Crippen LogP) is 1.22. The number of anilines is 1. The monoisotopic (exact) mass is 283 g/mol. The van der Waals surface area contributed by atoms with Gasteiger partial charge in [0.05, 0.1) is 11.5 Å². The topological polar surface area (TPSA) is 102 Å². The zero-order valence-corrected chi connectivity index (χ0v) is 12.3. The Morgan fingerprint density at radius 1 is 1.50 bits per heavy atom. The highest BCUT2D eigenvalue weighted by molar-refractivity contribution is 5.81. The fourth-order valence-corrected chi connectivity index (χ4v) is 1.90. The summed E-state index contributed by atoms with van der Waals surface area (Å²) in [6, 6.07) is 0.0291. The summed E-state index contributed by atoms with van der Waals surface area (Å²) in [6.45, 7) is 5.61. The predicted molar refractivity (Wildman–Crippen MR) is 75.6 cm³/mol. The summed E-state index contributed by atoms with van der Waals surface area (Å²) < 4.78 is 1.41. The molecule has 1 aromatic heterocycles. The van der Waals surface area contributed by atoms with E-state index in [1.807, 2.05) is 20.8 Å². The van der Waals surface area contributed by atoms with Crippen molar-refractivity contribution in [3.63, 3.8) is 0 Å². The van der Waals surface area contributed by atoms with Gasteiger partial charge in [0.15, 0.2) is 0 Å². The molecule has 0 bridgehead atoms. The van der Waals surface area contributed by atoms with Gasteiger partial charge in [0, 0.05) is 13.1 Å². The first-order valence-electron chi connectivity index (χ1n) is 6.60. The van der Waals surface area contributed by atoms with Crippen molar-refractivity contribution < 1.29 is 9.72 Å². The van der Waals surface area contributed by atoms with Gasteiger partial charge in [-0.05, 0) is 20.3 Å². The third-order valence-corrected chi connectivity index (χ3v) is 2.63. The molecule has 1 aromatic rings. The number of aromatic nitrogens is 2. The van der Waals surface area contributed by atoms with Crippen molar-refractivity contribution in [1.82, 2.24) is 15.1 Å². The van der Waals surface area contributed by atoms with Crippen LogP contribution in [0.25, 0.3) is 0 Å². The van der Waals surface area contributed by atoms with Crippen molar-refractivity contribution in [2.45, 2.75) is 39.7 Å². The second kappa shape index (κ2) is 6.88. The maximum atomic E-state index is 11.6. The van der Waals surface area contributed by atoms with E-state index in [4.69, 9.17) is 0 Å². The minimum Gasteiger partial charge on any atom is -0.355 e. The molecule has 0 aliphatic heterocycles. The Labute approximate surface area is 117 Å². The Balaban J connectivity index is 2.88. The van der Waals surface area contributed by atoms with Gasteiger partial charge in [-0.1, -0.05) is 13.3 Å². The summed E-state index contributed by atoms with van der Waals surface area (Å²) >= 11 is 0. The highest BCUT2D eigenvalue weighted by atomic mass is 16.6. The first kappa shape index (κ1) is 15.9. The van der Waals surface area contributed by atoms with E-state index in [9.17, 15) is 14.9 Å².